The SMILES string of the molecule is O=C(CS(=O)(=O)c1ccccc1)NNC(=S)S. The lowest BCUT2D eigenvalue weighted by molar-refractivity contribution is -0.119. The van der Waals surface area contributed by atoms with Crippen molar-refractivity contribution < 1.29 is 13.2 Å². The number of carbonyl (C=O) groups excluding carboxylic acids is 1. The zero-order chi connectivity index (χ0) is 12.9. The Balaban J connectivity index is 2.68. The molecule has 2 N–H and O–H groups in total. The molecule has 1 amide bonds. The Labute approximate surface area is 110 Å². The molecule has 1 rings (SSSR count). The monoisotopic (exact) mass is 290 g/mol. The minimum absolute atomic E-state index is 0.0514. The van der Waals surface area contributed by atoms with Gasteiger partial charge < -0.3 is 0 Å². The molecule has 17 heavy (non-hydrogen) atoms. The number of nitrogens with one attached hydrogen (secondary N) is 2. The molecule has 0 aromatic heterocycles. The lowest BCUT2D eigenvalue weighted by atomic mass is 10.4. The molecule has 0 fully saturated rings. The molecule has 5 nitrogen and oxygen atoms in total. The lowest BCUT2D eigenvalue weighted by Gasteiger charge is -2.06. The van der Waals surface area contributed by atoms with Gasteiger partial charge in [0.25, 0.3) is 5.91 Å². The number of carbonyl (C=O) groups is 1. The van der Waals surface area contributed by atoms with Gasteiger partial charge in [-0.05, 0) is 12.1 Å². The number of hydrogen-bond donors (Lipinski definition) is 3. The maximum Gasteiger partial charge on any atom is 0.253 e. The van der Waals surface area contributed by atoms with E-state index in [0.717, 1.165) is 0 Å². The molecule has 0 bridgehead atoms. The third kappa shape index (κ3) is 4.72. The smallest absolute Gasteiger partial charge is 0.253 e. The van der Waals surface area contributed by atoms with Crippen LogP contribution >= 0.6 is 24.8 Å². The summed E-state index contributed by atoms with van der Waals surface area (Å²) in [4.78, 5) is 11.4. The zero-order valence-corrected chi connectivity index (χ0v) is 11.1. The first-order valence-electron chi connectivity index (χ1n) is 4.47. The predicted octanol–water partition coefficient (Wildman–Crippen LogP) is 0.296. The molecule has 8 heteroatoms. The van der Waals surface area contributed by atoms with Crippen LogP contribution in [0.1, 0.15) is 0 Å². The molecule has 0 aliphatic carbocycles. The van der Waals surface area contributed by atoms with E-state index >= 15 is 0 Å². The van der Waals surface area contributed by atoms with Gasteiger partial charge in [-0.2, -0.15) is 0 Å². The van der Waals surface area contributed by atoms with Gasteiger partial charge in [0.2, 0.25) is 0 Å². The molecule has 0 heterocycles. The topological polar surface area (TPSA) is 75.3 Å². The lowest BCUT2D eigenvalue weighted by Crippen LogP contribution is -2.41. The van der Waals surface area contributed by atoms with Gasteiger partial charge in [-0.15, -0.1) is 12.6 Å². The number of amides is 1. The predicted molar refractivity (Wildman–Crippen MR) is 71.4 cm³/mol. The Morgan fingerprint density at radius 3 is 2.35 bits per heavy atom. The molecule has 1 aromatic carbocycles. The van der Waals surface area contributed by atoms with E-state index in [-0.39, 0.29) is 9.22 Å². The largest absolute Gasteiger partial charge is 0.283 e. The molecule has 0 aliphatic rings. The molecular weight excluding hydrogens is 280 g/mol. The van der Waals surface area contributed by atoms with Crippen molar-refractivity contribution in [3.05, 3.63) is 30.3 Å². The molecule has 0 atom stereocenters. The summed E-state index contributed by atoms with van der Waals surface area (Å²) in [6, 6.07) is 7.73. The highest BCUT2D eigenvalue weighted by Gasteiger charge is 2.18. The van der Waals surface area contributed by atoms with Gasteiger partial charge in [-0.25, -0.2) is 8.42 Å². The van der Waals surface area contributed by atoms with Crippen molar-refractivity contribution in [1.29, 1.82) is 0 Å². The number of benzene rings is 1. The minimum atomic E-state index is -3.63. The second-order valence-electron chi connectivity index (χ2n) is 3.05. The van der Waals surface area contributed by atoms with Crippen molar-refractivity contribution in [3.8, 4) is 0 Å². The molecule has 92 valence electrons. The highest BCUT2D eigenvalue weighted by atomic mass is 32.2. The average molecular weight is 290 g/mol. The summed E-state index contributed by atoms with van der Waals surface area (Å²) in [5.41, 5.74) is 4.37. The summed E-state index contributed by atoms with van der Waals surface area (Å²) in [5.74, 6) is -1.36. The first-order valence-corrected chi connectivity index (χ1v) is 6.98. The molecular formula is C9H10N2O3S3. The average Bonchev–Trinajstić information content (AvgIpc) is 2.27. The van der Waals surface area contributed by atoms with Gasteiger partial charge in [0.15, 0.2) is 9.84 Å². The van der Waals surface area contributed by atoms with Crippen LogP contribution in [0, 0.1) is 0 Å². The standard InChI is InChI=1S/C9H10N2O3S3/c12-8(10-11-9(15)16)6-17(13,14)7-4-2-1-3-5-7/h1-5H,6H2,(H,10,12)(H2,11,15,16). The maximum absolute atomic E-state index is 11.7. The highest BCUT2D eigenvalue weighted by Crippen LogP contribution is 2.09. The molecule has 0 unspecified atom stereocenters. The van der Waals surface area contributed by atoms with E-state index in [0.29, 0.717) is 0 Å². The van der Waals surface area contributed by atoms with E-state index < -0.39 is 21.5 Å². The number of hydrogen-bond acceptors (Lipinski definition) is 4. The highest BCUT2D eigenvalue weighted by molar-refractivity contribution is 8.11. The Morgan fingerprint density at radius 1 is 1.24 bits per heavy atom. The first kappa shape index (κ1) is 13.9. The van der Waals surface area contributed by atoms with Gasteiger partial charge in [0.05, 0.1) is 4.90 Å². The minimum Gasteiger partial charge on any atom is -0.283 e. The van der Waals surface area contributed by atoms with Gasteiger partial charge in [-0.1, -0.05) is 30.4 Å². The van der Waals surface area contributed by atoms with Crippen LogP contribution in [0.3, 0.4) is 0 Å². The number of rotatable bonds is 3. The van der Waals surface area contributed by atoms with E-state index in [9.17, 15) is 13.2 Å². The number of thiol groups is 1. The van der Waals surface area contributed by atoms with Crippen molar-refractivity contribution in [1.82, 2.24) is 10.9 Å². The number of hydrazine groups is 1. The summed E-state index contributed by atoms with van der Waals surface area (Å²) in [6.07, 6.45) is 0. The number of thiocarbonyl (C=S) groups is 1. The zero-order valence-electron chi connectivity index (χ0n) is 8.58. The summed E-state index contributed by atoms with van der Waals surface area (Å²) >= 11 is 8.25. The normalized spacial score (nSPS) is 10.6. The Morgan fingerprint density at radius 2 is 1.82 bits per heavy atom. The van der Waals surface area contributed by atoms with Crippen molar-refractivity contribution >= 4 is 44.9 Å². The van der Waals surface area contributed by atoms with Gasteiger partial charge in [-0.3, -0.25) is 15.6 Å². The summed E-state index contributed by atoms with van der Waals surface area (Å²) < 4.78 is 23.5. The van der Waals surface area contributed by atoms with Crippen LogP contribution in [0.5, 0.6) is 0 Å². The van der Waals surface area contributed by atoms with E-state index in [1.807, 2.05) is 0 Å². The van der Waals surface area contributed by atoms with E-state index in [1.54, 1.807) is 18.2 Å². The van der Waals surface area contributed by atoms with Crippen LogP contribution in [-0.4, -0.2) is 24.4 Å². The third-order valence-electron chi connectivity index (χ3n) is 1.73. The van der Waals surface area contributed by atoms with Crippen LogP contribution in [0.25, 0.3) is 0 Å². The fourth-order valence-electron chi connectivity index (χ4n) is 1.04. The molecule has 0 aliphatic heterocycles. The molecule has 0 saturated heterocycles. The van der Waals surface area contributed by atoms with E-state index in [1.165, 1.54) is 12.1 Å². The Kier molecular flexibility index (Phi) is 4.91. The van der Waals surface area contributed by atoms with Crippen LogP contribution in [0.2, 0.25) is 0 Å². The molecule has 0 saturated carbocycles. The van der Waals surface area contributed by atoms with Crippen LogP contribution < -0.4 is 10.9 Å². The van der Waals surface area contributed by atoms with Gasteiger partial charge in [0.1, 0.15) is 10.1 Å². The summed E-state index contributed by atoms with van der Waals surface area (Å²) in [7, 11) is -3.63. The number of sulfone groups is 1. The van der Waals surface area contributed by atoms with E-state index in [2.05, 4.69) is 35.7 Å². The van der Waals surface area contributed by atoms with Crippen LogP contribution in [0.15, 0.2) is 35.2 Å². The third-order valence-corrected chi connectivity index (χ3v) is 3.58. The van der Waals surface area contributed by atoms with Crippen molar-refractivity contribution in [2.45, 2.75) is 4.90 Å². The van der Waals surface area contributed by atoms with Crippen LogP contribution in [-0.2, 0) is 14.6 Å². The quantitative estimate of drug-likeness (QED) is 0.424. The Bertz CT molecular complexity index is 514. The first-order chi connectivity index (χ1) is 7.92. The van der Waals surface area contributed by atoms with Gasteiger partial charge in [0, 0.05) is 0 Å². The van der Waals surface area contributed by atoms with Crippen molar-refractivity contribution in [2.24, 2.45) is 0 Å². The maximum atomic E-state index is 11.7. The fourth-order valence-corrected chi connectivity index (χ4v) is 2.31. The molecule has 0 spiro atoms. The fraction of sp³-hybridized carbons (Fsp3) is 0.111. The van der Waals surface area contributed by atoms with E-state index in [4.69, 9.17) is 0 Å². The second-order valence-corrected chi connectivity index (χ2v) is 6.20. The molecule has 0 radical (unpaired) electrons. The van der Waals surface area contributed by atoms with Crippen molar-refractivity contribution in [2.75, 3.05) is 5.75 Å². The van der Waals surface area contributed by atoms with Crippen LogP contribution in [0.4, 0.5) is 0 Å². The van der Waals surface area contributed by atoms with Gasteiger partial charge >= 0.3 is 0 Å². The molecule has 1 aromatic rings. The van der Waals surface area contributed by atoms with Crippen molar-refractivity contribution in [3.63, 3.8) is 0 Å². The summed E-state index contributed by atoms with van der Waals surface area (Å²) in [6.45, 7) is 0. The Hall–Kier alpha value is -1.12. The second kappa shape index (κ2) is 5.99. The summed E-state index contributed by atoms with van der Waals surface area (Å²) in [5, 5.41) is 0.